The molecule has 0 aliphatic carbocycles. The molecule has 1 amide bonds. The summed E-state index contributed by atoms with van der Waals surface area (Å²) in [5.41, 5.74) is 2.68. The monoisotopic (exact) mass is 334 g/mol. The molecule has 1 atom stereocenters. The lowest BCUT2D eigenvalue weighted by Gasteiger charge is -2.24. The second-order valence-electron chi connectivity index (χ2n) is 5.96. The van der Waals surface area contributed by atoms with Gasteiger partial charge in [-0.05, 0) is 32.8 Å². The number of hydrogen-bond donors (Lipinski definition) is 0. The number of nitrogens with zero attached hydrogens (tertiary/aromatic N) is 4. The van der Waals surface area contributed by atoms with Crippen molar-refractivity contribution in [2.75, 3.05) is 13.7 Å². The molecule has 1 saturated heterocycles. The van der Waals surface area contributed by atoms with Crippen LogP contribution in [0.1, 0.15) is 39.7 Å². The van der Waals surface area contributed by atoms with Gasteiger partial charge in [0.1, 0.15) is 10.7 Å². The molecule has 0 N–H and O–H groups in total. The first-order valence-corrected chi connectivity index (χ1v) is 8.72. The first-order chi connectivity index (χ1) is 11.1. The maximum absolute atomic E-state index is 12.8. The number of thiazole rings is 1. The van der Waals surface area contributed by atoms with Crippen LogP contribution >= 0.6 is 11.3 Å². The number of amides is 1. The van der Waals surface area contributed by atoms with Crippen LogP contribution in [0.15, 0.2) is 11.4 Å². The minimum Gasteiger partial charge on any atom is -0.378 e. The molecule has 0 aromatic carbocycles. The van der Waals surface area contributed by atoms with Crippen molar-refractivity contribution in [3.05, 3.63) is 33.5 Å². The van der Waals surface area contributed by atoms with Crippen molar-refractivity contribution in [2.24, 2.45) is 0 Å². The topological polar surface area (TPSA) is 60.2 Å². The minimum atomic E-state index is 0.0210. The van der Waals surface area contributed by atoms with Gasteiger partial charge in [0.15, 0.2) is 0 Å². The highest BCUT2D eigenvalue weighted by Gasteiger charge is 2.31. The predicted molar refractivity (Wildman–Crippen MR) is 88.6 cm³/mol. The molecule has 6 nitrogen and oxygen atoms in total. The third kappa shape index (κ3) is 3.45. The van der Waals surface area contributed by atoms with Crippen LogP contribution in [0.3, 0.4) is 0 Å². The Morgan fingerprint density at radius 3 is 3.00 bits per heavy atom. The van der Waals surface area contributed by atoms with E-state index in [2.05, 4.69) is 23.1 Å². The average Bonchev–Trinajstić information content (AvgIpc) is 3.21. The number of aryl methyl sites for hydroxylation is 2. The molecule has 0 saturated carbocycles. The van der Waals surface area contributed by atoms with Crippen LogP contribution in [0.5, 0.6) is 0 Å². The van der Waals surface area contributed by atoms with Crippen LogP contribution in [0.4, 0.5) is 0 Å². The van der Waals surface area contributed by atoms with E-state index in [0.29, 0.717) is 12.3 Å². The summed E-state index contributed by atoms with van der Waals surface area (Å²) in [4.78, 5) is 19.1. The Kier molecular flexibility index (Phi) is 4.77. The number of methoxy groups -OCH3 is 1. The Balaban J connectivity index is 1.72. The number of hydrogen-bond acceptors (Lipinski definition) is 5. The Labute approximate surface area is 140 Å². The third-order valence-corrected chi connectivity index (χ3v) is 4.99. The second kappa shape index (κ2) is 6.80. The van der Waals surface area contributed by atoms with Gasteiger partial charge in [0.05, 0.1) is 24.9 Å². The fourth-order valence-corrected chi connectivity index (χ4v) is 3.84. The van der Waals surface area contributed by atoms with Crippen molar-refractivity contribution >= 4 is 17.2 Å². The van der Waals surface area contributed by atoms with Gasteiger partial charge in [-0.1, -0.05) is 0 Å². The molecule has 2 aromatic rings. The van der Waals surface area contributed by atoms with Crippen LogP contribution in [0, 0.1) is 13.8 Å². The summed E-state index contributed by atoms with van der Waals surface area (Å²) in [7, 11) is 1.63. The van der Waals surface area contributed by atoms with Gasteiger partial charge < -0.3 is 9.64 Å². The number of aromatic nitrogens is 3. The molecule has 124 valence electrons. The number of likely N-dealkylation sites (tertiary alicyclic amines) is 1. The highest BCUT2D eigenvalue weighted by molar-refractivity contribution is 7.09. The molecule has 7 heteroatoms. The van der Waals surface area contributed by atoms with Gasteiger partial charge in [-0.3, -0.25) is 9.48 Å². The first kappa shape index (κ1) is 16.1. The zero-order valence-electron chi connectivity index (χ0n) is 13.8. The Bertz CT molecular complexity index is 694. The van der Waals surface area contributed by atoms with E-state index in [9.17, 15) is 4.79 Å². The van der Waals surface area contributed by atoms with Crippen LogP contribution in [0.25, 0.3) is 0 Å². The molecule has 3 rings (SSSR count). The summed E-state index contributed by atoms with van der Waals surface area (Å²) < 4.78 is 7.08. The normalized spacial score (nSPS) is 17.9. The Hall–Kier alpha value is -1.73. The fourth-order valence-electron chi connectivity index (χ4n) is 3.10. The first-order valence-electron chi connectivity index (χ1n) is 7.84. The largest absolute Gasteiger partial charge is 0.378 e. The highest BCUT2D eigenvalue weighted by atomic mass is 32.1. The van der Waals surface area contributed by atoms with Gasteiger partial charge in [0, 0.05) is 24.7 Å². The summed E-state index contributed by atoms with van der Waals surface area (Å²) in [6, 6.07) is 2.26. The quantitative estimate of drug-likeness (QED) is 0.842. The molecule has 1 aliphatic rings. The lowest BCUT2D eigenvalue weighted by Crippen LogP contribution is -2.38. The van der Waals surface area contributed by atoms with Crippen molar-refractivity contribution in [1.82, 2.24) is 19.7 Å². The van der Waals surface area contributed by atoms with E-state index in [-0.39, 0.29) is 11.9 Å². The van der Waals surface area contributed by atoms with Gasteiger partial charge in [-0.15, -0.1) is 11.3 Å². The molecular weight excluding hydrogens is 312 g/mol. The highest BCUT2D eigenvalue weighted by Crippen LogP contribution is 2.23. The predicted octanol–water partition coefficient (Wildman–Crippen LogP) is 2.41. The van der Waals surface area contributed by atoms with Crippen LogP contribution in [-0.4, -0.2) is 45.3 Å². The lowest BCUT2D eigenvalue weighted by molar-refractivity contribution is 0.0715. The van der Waals surface area contributed by atoms with Crippen LogP contribution in [-0.2, 0) is 17.9 Å². The van der Waals surface area contributed by atoms with Gasteiger partial charge in [0.2, 0.25) is 0 Å². The molecule has 1 aliphatic heterocycles. The summed E-state index contributed by atoms with van der Waals surface area (Å²) in [5.74, 6) is 0.0210. The van der Waals surface area contributed by atoms with E-state index in [1.807, 2.05) is 21.9 Å². The maximum atomic E-state index is 12.8. The zero-order chi connectivity index (χ0) is 16.4. The van der Waals surface area contributed by atoms with E-state index in [0.717, 1.165) is 42.3 Å². The van der Waals surface area contributed by atoms with Crippen molar-refractivity contribution < 1.29 is 9.53 Å². The molecule has 0 bridgehead atoms. The second-order valence-corrected chi connectivity index (χ2v) is 6.91. The Morgan fingerprint density at radius 1 is 1.48 bits per heavy atom. The lowest BCUT2D eigenvalue weighted by atomic mass is 10.2. The molecule has 0 radical (unpaired) electrons. The molecule has 2 aromatic heterocycles. The van der Waals surface area contributed by atoms with E-state index in [1.165, 1.54) is 11.3 Å². The van der Waals surface area contributed by atoms with Crippen molar-refractivity contribution in [2.45, 2.75) is 45.9 Å². The van der Waals surface area contributed by atoms with E-state index >= 15 is 0 Å². The Morgan fingerprint density at radius 2 is 2.30 bits per heavy atom. The minimum absolute atomic E-state index is 0.0210. The summed E-state index contributed by atoms with van der Waals surface area (Å²) >= 11 is 1.47. The van der Waals surface area contributed by atoms with Gasteiger partial charge in [-0.2, -0.15) is 5.10 Å². The molecule has 0 spiro atoms. The van der Waals surface area contributed by atoms with Crippen molar-refractivity contribution in [3.8, 4) is 0 Å². The summed E-state index contributed by atoms with van der Waals surface area (Å²) in [6.07, 6.45) is 2.05. The number of rotatable bonds is 5. The zero-order valence-corrected chi connectivity index (χ0v) is 14.6. The average molecular weight is 334 g/mol. The van der Waals surface area contributed by atoms with Gasteiger partial charge in [0.25, 0.3) is 5.91 Å². The van der Waals surface area contributed by atoms with Crippen LogP contribution < -0.4 is 0 Å². The summed E-state index contributed by atoms with van der Waals surface area (Å²) in [6.45, 7) is 6.04. The van der Waals surface area contributed by atoms with E-state index in [4.69, 9.17) is 4.74 Å². The van der Waals surface area contributed by atoms with E-state index < -0.39 is 0 Å². The van der Waals surface area contributed by atoms with Crippen LogP contribution in [0.2, 0.25) is 0 Å². The fraction of sp³-hybridized carbons (Fsp3) is 0.562. The molecule has 3 heterocycles. The van der Waals surface area contributed by atoms with E-state index in [1.54, 1.807) is 7.11 Å². The standard InChI is InChI=1S/C16H22N4O2S/c1-11-7-12(2)20(18-11)8-13-5-4-6-19(13)16(21)14-10-23-15(17-14)9-22-3/h7,10,13H,4-6,8-9H2,1-3H3/t13-/m0/s1. The maximum Gasteiger partial charge on any atom is 0.273 e. The number of ether oxygens (including phenoxy) is 1. The van der Waals surface area contributed by atoms with Crippen molar-refractivity contribution in [3.63, 3.8) is 0 Å². The summed E-state index contributed by atoms with van der Waals surface area (Å²) in [5, 5.41) is 7.18. The van der Waals surface area contributed by atoms with Gasteiger partial charge in [-0.25, -0.2) is 4.98 Å². The SMILES string of the molecule is COCc1nc(C(=O)N2CCC[C@H]2Cn2nc(C)cc2C)cs1. The third-order valence-electron chi connectivity index (χ3n) is 4.16. The van der Waals surface area contributed by atoms with Crippen molar-refractivity contribution in [1.29, 1.82) is 0 Å². The molecule has 0 unspecified atom stereocenters. The molecular formula is C16H22N4O2S. The number of carbonyl (C=O) groups is 1. The molecule has 1 fully saturated rings. The van der Waals surface area contributed by atoms with Gasteiger partial charge >= 0.3 is 0 Å². The smallest absolute Gasteiger partial charge is 0.273 e. The number of carbonyl (C=O) groups excluding carboxylic acids is 1. The molecule has 23 heavy (non-hydrogen) atoms.